The fourth-order valence-electron chi connectivity index (χ4n) is 2.77. The predicted octanol–water partition coefficient (Wildman–Crippen LogP) is 6.47. The molecule has 0 bridgehead atoms. The van der Waals surface area contributed by atoms with Crippen molar-refractivity contribution in [1.82, 2.24) is 5.32 Å². The summed E-state index contributed by atoms with van der Waals surface area (Å²) in [6, 6.07) is 0. The minimum Gasteiger partial charge on any atom is -0.312 e. The molecular weight excluding hydrogens is 242 g/mol. The van der Waals surface area contributed by atoms with Crippen LogP contribution in [0.1, 0.15) is 111 Å². The van der Waals surface area contributed by atoms with Gasteiger partial charge < -0.3 is 5.32 Å². The summed E-state index contributed by atoms with van der Waals surface area (Å²) in [5, 5.41) is 3.75. The zero-order valence-corrected chi connectivity index (χ0v) is 14.9. The number of hydrogen-bond donors (Lipinski definition) is 1. The van der Waals surface area contributed by atoms with Crippen molar-refractivity contribution in [2.45, 2.75) is 117 Å². The molecular formula is C19H41N. The fourth-order valence-corrected chi connectivity index (χ4v) is 2.77. The highest BCUT2D eigenvalue weighted by atomic mass is 14.9. The molecule has 0 aliphatic rings. The molecule has 0 unspecified atom stereocenters. The standard InChI is InChI=1S/C19H41N/c1-5-7-9-11-13-15-17-19(3,4)20-18-16-14-12-10-8-6-2/h20H,5-18H2,1-4H3. The van der Waals surface area contributed by atoms with Crippen LogP contribution >= 0.6 is 0 Å². The highest BCUT2D eigenvalue weighted by Gasteiger charge is 2.15. The van der Waals surface area contributed by atoms with Crippen LogP contribution in [-0.4, -0.2) is 12.1 Å². The highest BCUT2D eigenvalue weighted by molar-refractivity contribution is 4.77. The van der Waals surface area contributed by atoms with E-state index in [0.717, 1.165) is 0 Å². The lowest BCUT2D eigenvalue weighted by molar-refractivity contribution is 0.343. The molecule has 20 heavy (non-hydrogen) atoms. The smallest absolute Gasteiger partial charge is 0.0125 e. The van der Waals surface area contributed by atoms with Gasteiger partial charge in [0.1, 0.15) is 0 Å². The molecule has 1 nitrogen and oxygen atoms in total. The highest BCUT2D eigenvalue weighted by Crippen LogP contribution is 2.15. The summed E-state index contributed by atoms with van der Waals surface area (Å²) in [6.07, 6.45) is 18.1. The van der Waals surface area contributed by atoms with Gasteiger partial charge in [-0.25, -0.2) is 0 Å². The number of nitrogens with one attached hydrogen (secondary N) is 1. The van der Waals surface area contributed by atoms with E-state index in [2.05, 4.69) is 33.0 Å². The van der Waals surface area contributed by atoms with Gasteiger partial charge in [-0.2, -0.15) is 0 Å². The Bertz CT molecular complexity index is 186. The first kappa shape index (κ1) is 20.0. The van der Waals surface area contributed by atoms with Crippen molar-refractivity contribution in [3.8, 4) is 0 Å². The molecule has 122 valence electrons. The summed E-state index contributed by atoms with van der Waals surface area (Å²) in [6.45, 7) is 10.5. The maximum Gasteiger partial charge on any atom is 0.0125 e. The van der Waals surface area contributed by atoms with E-state index >= 15 is 0 Å². The fraction of sp³-hybridized carbons (Fsp3) is 1.00. The van der Waals surface area contributed by atoms with Gasteiger partial charge >= 0.3 is 0 Å². The summed E-state index contributed by atoms with van der Waals surface area (Å²) < 4.78 is 0. The van der Waals surface area contributed by atoms with Gasteiger partial charge in [0.25, 0.3) is 0 Å². The predicted molar refractivity (Wildman–Crippen MR) is 93.5 cm³/mol. The molecule has 1 N–H and O–H groups in total. The molecule has 0 spiro atoms. The van der Waals surface area contributed by atoms with E-state index in [0.29, 0.717) is 5.54 Å². The molecule has 1 heteroatoms. The second-order valence-electron chi connectivity index (χ2n) is 7.10. The van der Waals surface area contributed by atoms with Crippen LogP contribution < -0.4 is 5.32 Å². The third kappa shape index (κ3) is 14.4. The van der Waals surface area contributed by atoms with Gasteiger partial charge in [-0.3, -0.25) is 0 Å². The van der Waals surface area contributed by atoms with Crippen molar-refractivity contribution in [2.24, 2.45) is 0 Å². The van der Waals surface area contributed by atoms with E-state index in [1.165, 1.54) is 90.0 Å². The normalized spacial score (nSPS) is 12.0. The van der Waals surface area contributed by atoms with E-state index in [1.54, 1.807) is 0 Å². The lowest BCUT2D eigenvalue weighted by Gasteiger charge is -2.26. The Balaban J connectivity index is 3.35. The van der Waals surface area contributed by atoms with Crippen LogP contribution in [0, 0.1) is 0 Å². The largest absolute Gasteiger partial charge is 0.312 e. The summed E-state index contributed by atoms with van der Waals surface area (Å²) in [7, 11) is 0. The number of rotatable bonds is 15. The molecule has 0 radical (unpaired) electrons. The van der Waals surface area contributed by atoms with Crippen LogP contribution in [0.4, 0.5) is 0 Å². The van der Waals surface area contributed by atoms with E-state index in [1.807, 2.05) is 0 Å². The monoisotopic (exact) mass is 283 g/mol. The van der Waals surface area contributed by atoms with E-state index < -0.39 is 0 Å². The van der Waals surface area contributed by atoms with Crippen molar-refractivity contribution >= 4 is 0 Å². The molecule has 0 saturated heterocycles. The Morgan fingerprint density at radius 1 is 0.600 bits per heavy atom. The minimum atomic E-state index is 0.341. The van der Waals surface area contributed by atoms with Crippen LogP contribution in [0.2, 0.25) is 0 Å². The van der Waals surface area contributed by atoms with Crippen LogP contribution in [0.5, 0.6) is 0 Å². The Hall–Kier alpha value is -0.0400. The first-order valence-corrected chi connectivity index (χ1v) is 9.37. The summed E-state index contributed by atoms with van der Waals surface area (Å²) in [5.41, 5.74) is 0.341. The molecule has 0 aromatic carbocycles. The Morgan fingerprint density at radius 2 is 1.05 bits per heavy atom. The molecule has 0 atom stereocenters. The lowest BCUT2D eigenvalue weighted by atomic mass is 9.95. The van der Waals surface area contributed by atoms with Crippen molar-refractivity contribution in [3.05, 3.63) is 0 Å². The maximum atomic E-state index is 3.75. The SMILES string of the molecule is CCCCCCCCNC(C)(C)CCCCCCCC. The van der Waals surface area contributed by atoms with Crippen molar-refractivity contribution in [3.63, 3.8) is 0 Å². The van der Waals surface area contributed by atoms with Crippen LogP contribution in [0.15, 0.2) is 0 Å². The molecule has 0 amide bonds. The minimum absolute atomic E-state index is 0.341. The van der Waals surface area contributed by atoms with Crippen LogP contribution in [0.25, 0.3) is 0 Å². The Morgan fingerprint density at radius 3 is 1.60 bits per heavy atom. The molecule has 0 aliphatic heterocycles. The second kappa shape index (κ2) is 13.9. The van der Waals surface area contributed by atoms with Gasteiger partial charge in [0.05, 0.1) is 0 Å². The van der Waals surface area contributed by atoms with Crippen molar-refractivity contribution < 1.29 is 0 Å². The van der Waals surface area contributed by atoms with Gasteiger partial charge in [0, 0.05) is 5.54 Å². The third-order valence-electron chi connectivity index (χ3n) is 4.29. The first-order chi connectivity index (χ1) is 9.62. The van der Waals surface area contributed by atoms with E-state index in [9.17, 15) is 0 Å². The first-order valence-electron chi connectivity index (χ1n) is 9.37. The number of hydrogen-bond acceptors (Lipinski definition) is 1. The molecule has 0 heterocycles. The molecule has 0 fully saturated rings. The quantitative estimate of drug-likeness (QED) is 0.340. The van der Waals surface area contributed by atoms with Gasteiger partial charge in [-0.15, -0.1) is 0 Å². The van der Waals surface area contributed by atoms with Crippen LogP contribution in [0.3, 0.4) is 0 Å². The van der Waals surface area contributed by atoms with E-state index in [-0.39, 0.29) is 0 Å². The van der Waals surface area contributed by atoms with Gasteiger partial charge in [0.2, 0.25) is 0 Å². The Kier molecular flexibility index (Phi) is 13.9. The van der Waals surface area contributed by atoms with Gasteiger partial charge in [-0.05, 0) is 33.2 Å². The third-order valence-corrected chi connectivity index (χ3v) is 4.29. The Labute approximate surface area is 129 Å². The maximum absolute atomic E-state index is 3.75. The lowest BCUT2D eigenvalue weighted by Crippen LogP contribution is -2.39. The second-order valence-corrected chi connectivity index (χ2v) is 7.10. The van der Waals surface area contributed by atoms with Crippen molar-refractivity contribution in [2.75, 3.05) is 6.54 Å². The average Bonchev–Trinajstić information content (AvgIpc) is 2.41. The molecule has 0 saturated carbocycles. The molecule has 0 aromatic rings. The van der Waals surface area contributed by atoms with Crippen LogP contribution in [-0.2, 0) is 0 Å². The number of unbranched alkanes of at least 4 members (excludes halogenated alkanes) is 10. The molecule has 0 rings (SSSR count). The van der Waals surface area contributed by atoms with Gasteiger partial charge in [0.15, 0.2) is 0 Å². The average molecular weight is 284 g/mol. The summed E-state index contributed by atoms with van der Waals surface area (Å²) in [4.78, 5) is 0. The summed E-state index contributed by atoms with van der Waals surface area (Å²) >= 11 is 0. The molecule has 0 aromatic heterocycles. The topological polar surface area (TPSA) is 12.0 Å². The molecule has 0 aliphatic carbocycles. The zero-order chi connectivity index (χ0) is 15.1. The van der Waals surface area contributed by atoms with Gasteiger partial charge in [-0.1, -0.05) is 84.5 Å². The van der Waals surface area contributed by atoms with E-state index in [4.69, 9.17) is 0 Å². The zero-order valence-electron chi connectivity index (χ0n) is 14.9. The summed E-state index contributed by atoms with van der Waals surface area (Å²) in [5.74, 6) is 0. The van der Waals surface area contributed by atoms with Crippen molar-refractivity contribution in [1.29, 1.82) is 0 Å².